The van der Waals surface area contributed by atoms with Gasteiger partial charge in [0.25, 0.3) is 0 Å². The second-order valence-electron chi connectivity index (χ2n) is 7.04. The maximum Gasteiger partial charge on any atom is 0.175 e. The van der Waals surface area contributed by atoms with Crippen LogP contribution in [0.5, 0.6) is 5.75 Å². The van der Waals surface area contributed by atoms with Crippen molar-refractivity contribution in [2.45, 2.75) is 23.5 Å². The number of nitrogens with one attached hydrogen (secondary N) is 1. The average molecular weight is 372 g/mol. The molecule has 0 spiro atoms. The van der Waals surface area contributed by atoms with Gasteiger partial charge in [-0.15, -0.1) is 0 Å². The third kappa shape index (κ3) is 3.49. The topological polar surface area (TPSA) is 58.6 Å². The summed E-state index contributed by atoms with van der Waals surface area (Å²) in [6.45, 7) is 4.04. The van der Waals surface area contributed by atoms with Crippen LogP contribution in [0.2, 0.25) is 0 Å². The Morgan fingerprint density at radius 3 is 2.42 bits per heavy atom. The normalized spacial score (nSPS) is 23.6. The predicted molar refractivity (Wildman–Crippen MR) is 101 cm³/mol. The fourth-order valence-electron chi connectivity index (χ4n) is 3.93. The number of nitrogens with zero attached hydrogens (tertiary/aromatic N) is 1. The van der Waals surface area contributed by atoms with Crippen LogP contribution in [0, 0.1) is 0 Å². The molecular weight excluding hydrogens is 348 g/mol. The van der Waals surface area contributed by atoms with Crippen LogP contribution in [0.1, 0.15) is 17.2 Å². The Hall–Kier alpha value is -1.89. The molecule has 0 bridgehead atoms. The summed E-state index contributed by atoms with van der Waals surface area (Å²) in [5, 5.41) is 3.40. The zero-order valence-electron chi connectivity index (χ0n) is 14.9. The van der Waals surface area contributed by atoms with Crippen molar-refractivity contribution in [1.29, 1.82) is 0 Å². The maximum atomic E-state index is 11.7. The molecule has 1 aliphatic carbocycles. The van der Waals surface area contributed by atoms with E-state index in [-0.39, 0.29) is 6.10 Å². The third-order valence-corrected chi connectivity index (χ3v) is 6.40. The van der Waals surface area contributed by atoms with Crippen molar-refractivity contribution >= 4 is 9.84 Å². The molecular formula is C20H24N2O3S. The highest BCUT2D eigenvalue weighted by Crippen LogP contribution is 2.38. The molecule has 1 heterocycles. The number of sulfone groups is 1. The van der Waals surface area contributed by atoms with Crippen molar-refractivity contribution in [3.05, 3.63) is 59.7 Å². The fraction of sp³-hybridized carbons (Fsp3) is 0.400. The number of piperazine rings is 1. The van der Waals surface area contributed by atoms with Gasteiger partial charge >= 0.3 is 0 Å². The van der Waals surface area contributed by atoms with Crippen molar-refractivity contribution in [2.24, 2.45) is 0 Å². The summed E-state index contributed by atoms with van der Waals surface area (Å²) >= 11 is 0. The Balaban J connectivity index is 1.60. The van der Waals surface area contributed by atoms with Crippen LogP contribution in [-0.4, -0.2) is 51.8 Å². The van der Waals surface area contributed by atoms with E-state index in [1.807, 2.05) is 0 Å². The van der Waals surface area contributed by atoms with Crippen LogP contribution >= 0.6 is 0 Å². The van der Waals surface area contributed by atoms with E-state index in [0.717, 1.165) is 32.6 Å². The summed E-state index contributed by atoms with van der Waals surface area (Å²) in [5.41, 5.74) is 2.58. The molecule has 6 heteroatoms. The van der Waals surface area contributed by atoms with Crippen molar-refractivity contribution in [2.75, 3.05) is 32.4 Å². The van der Waals surface area contributed by atoms with E-state index in [1.54, 1.807) is 24.3 Å². The molecule has 2 aromatic rings. The number of rotatable bonds is 4. The number of benzene rings is 2. The number of hydrogen-bond donors (Lipinski definition) is 1. The molecule has 0 saturated carbocycles. The zero-order valence-corrected chi connectivity index (χ0v) is 15.7. The molecule has 4 rings (SSSR count). The second kappa shape index (κ2) is 7.02. The molecule has 2 aliphatic rings. The number of ether oxygens (including phenoxy) is 1. The van der Waals surface area contributed by atoms with Gasteiger partial charge in [-0.2, -0.15) is 0 Å². The van der Waals surface area contributed by atoms with E-state index in [9.17, 15) is 8.42 Å². The lowest BCUT2D eigenvalue weighted by Crippen LogP contribution is -2.50. The van der Waals surface area contributed by atoms with Gasteiger partial charge in [-0.1, -0.05) is 24.3 Å². The van der Waals surface area contributed by atoms with Crippen molar-refractivity contribution < 1.29 is 13.2 Å². The molecule has 1 N–H and O–H groups in total. The molecule has 1 aliphatic heterocycles. The summed E-state index contributed by atoms with van der Waals surface area (Å²) in [6.07, 6.45) is 2.17. The SMILES string of the molecule is CS(=O)(=O)c1ccc(O[C@H]2c3ccccc3C[C@@H]2N2CCNCC2)cc1. The highest BCUT2D eigenvalue weighted by molar-refractivity contribution is 7.90. The monoisotopic (exact) mass is 372 g/mol. The van der Waals surface area contributed by atoms with E-state index in [4.69, 9.17) is 4.74 Å². The first-order chi connectivity index (χ1) is 12.5. The van der Waals surface area contributed by atoms with Gasteiger partial charge in [0.05, 0.1) is 10.9 Å². The van der Waals surface area contributed by atoms with Crippen molar-refractivity contribution in [3.8, 4) is 5.75 Å². The highest BCUT2D eigenvalue weighted by atomic mass is 32.2. The molecule has 26 heavy (non-hydrogen) atoms. The average Bonchev–Trinajstić information content (AvgIpc) is 3.01. The van der Waals surface area contributed by atoms with E-state index in [0.29, 0.717) is 16.7 Å². The molecule has 0 aromatic heterocycles. The molecule has 2 aromatic carbocycles. The second-order valence-corrected chi connectivity index (χ2v) is 9.05. The molecule has 2 atom stereocenters. The van der Waals surface area contributed by atoms with E-state index < -0.39 is 9.84 Å². The smallest absolute Gasteiger partial charge is 0.175 e. The number of hydrogen-bond acceptors (Lipinski definition) is 5. The minimum Gasteiger partial charge on any atom is -0.484 e. The molecule has 1 saturated heterocycles. The Bertz CT molecular complexity index is 874. The van der Waals surface area contributed by atoms with Crippen LogP contribution in [0.15, 0.2) is 53.4 Å². The molecule has 0 amide bonds. The largest absolute Gasteiger partial charge is 0.484 e. The van der Waals surface area contributed by atoms with Gasteiger partial charge in [-0.25, -0.2) is 8.42 Å². The van der Waals surface area contributed by atoms with Crippen LogP contribution in [0.3, 0.4) is 0 Å². The highest BCUT2D eigenvalue weighted by Gasteiger charge is 2.38. The lowest BCUT2D eigenvalue weighted by molar-refractivity contribution is 0.0693. The van der Waals surface area contributed by atoms with E-state index in [1.165, 1.54) is 17.4 Å². The quantitative estimate of drug-likeness (QED) is 0.890. The Morgan fingerprint density at radius 1 is 1.04 bits per heavy atom. The first-order valence-electron chi connectivity index (χ1n) is 9.02. The van der Waals surface area contributed by atoms with Gasteiger partial charge in [0.15, 0.2) is 9.84 Å². The van der Waals surface area contributed by atoms with Gasteiger partial charge in [-0.3, -0.25) is 4.90 Å². The van der Waals surface area contributed by atoms with Crippen LogP contribution < -0.4 is 10.1 Å². The molecule has 138 valence electrons. The Kier molecular flexibility index (Phi) is 4.73. The summed E-state index contributed by atoms with van der Waals surface area (Å²) < 4.78 is 29.7. The Morgan fingerprint density at radius 2 is 1.73 bits per heavy atom. The van der Waals surface area contributed by atoms with E-state index in [2.05, 4.69) is 34.5 Å². The summed E-state index contributed by atoms with van der Waals surface area (Å²) in [6, 6.07) is 15.5. The van der Waals surface area contributed by atoms with Crippen molar-refractivity contribution in [3.63, 3.8) is 0 Å². The first kappa shape index (κ1) is 17.5. The molecule has 0 radical (unpaired) electrons. The van der Waals surface area contributed by atoms with Gasteiger partial charge in [0.1, 0.15) is 11.9 Å². The van der Waals surface area contributed by atoms with Crippen LogP contribution in [-0.2, 0) is 16.3 Å². The predicted octanol–water partition coefficient (Wildman–Crippen LogP) is 2.04. The van der Waals surface area contributed by atoms with E-state index >= 15 is 0 Å². The lowest BCUT2D eigenvalue weighted by Gasteiger charge is -2.36. The Labute approximate surface area is 154 Å². The van der Waals surface area contributed by atoms with Crippen LogP contribution in [0.25, 0.3) is 0 Å². The van der Waals surface area contributed by atoms with Gasteiger partial charge in [0, 0.05) is 32.4 Å². The first-order valence-corrected chi connectivity index (χ1v) is 10.9. The zero-order chi connectivity index (χ0) is 18.1. The van der Waals surface area contributed by atoms with Gasteiger partial charge in [-0.05, 0) is 41.8 Å². The van der Waals surface area contributed by atoms with Crippen LogP contribution in [0.4, 0.5) is 0 Å². The molecule has 0 unspecified atom stereocenters. The van der Waals surface area contributed by atoms with Gasteiger partial charge in [0.2, 0.25) is 0 Å². The fourth-order valence-corrected chi connectivity index (χ4v) is 4.56. The summed E-state index contributed by atoms with van der Waals surface area (Å²) in [7, 11) is -3.19. The molecule has 5 nitrogen and oxygen atoms in total. The number of fused-ring (bicyclic) bond motifs is 1. The minimum atomic E-state index is -3.19. The third-order valence-electron chi connectivity index (χ3n) is 5.28. The lowest BCUT2D eigenvalue weighted by atomic mass is 10.1. The van der Waals surface area contributed by atoms with Crippen molar-refractivity contribution in [1.82, 2.24) is 10.2 Å². The standard InChI is InChI=1S/C20H24N2O3S/c1-26(23,24)17-8-6-16(7-9-17)25-20-18-5-3-2-4-15(18)14-19(20)22-12-10-21-11-13-22/h2-9,19-21H,10-14H2,1H3/t19-,20-/m0/s1. The summed E-state index contributed by atoms with van der Waals surface area (Å²) in [4.78, 5) is 2.82. The summed E-state index contributed by atoms with van der Waals surface area (Å²) in [5.74, 6) is 0.708. The van der Waals surface area contributed by atoms with Gasteiger partial charge < -0.3 is 10.1 Å². The molecule has 1 fully saturated rings. The minimum absolute atomic E-state index is 0.0339. The maximum absolute atomic E-state index is 11.7.